The molecule has 0 aromatic carbocycles. The Kier molecular flexibility index (Phi) is 3.37. The fourth-order valence-corrected chi connectivity index (χ4v) is 3.22. The van der Waals surface area contributed by atoms with Gasteiger partial charge in [-0.3, -0.25) is 4.99 Å². The molecule has 80 valence electrons. The monoisotopic (exact) mass is 212 g/mol. The number of rotatable bonds is 2. The van der Waals surface area contributed by atoms with Gasteiger partial charge < -0.3 is 5.32 Å². The standard InChI is InChI=1S/C11H20N2S/c1-8-4-3-5-10(8)6-12-11-13-9(2)7-14-11/h8-10H,3-7H2,1-2H3,(H,12,13). The molecular formula is C11H20N2S. The van der Waals surface area contributed by atoms with Crippen molar-refractivity contribution >= 4 is 16.9 Å². The molecule has 2 fully saturated rings. The molecule has 1 heterocycles. The zero-order chi connectivity index (χ0) is 9.97. The Morgan fingerprint density at radius 3 is 2.86 bits per heavy atom. The van der Waals surface area contributed by atoms with E-state index >= 15 is 0 Å². The lowest BCUT2D eigenvalue weighted by Gasteiger charge is -2.12. The normalized spacial score (nSPS) is 40.4. The topological polar surface area (TPSA) is 24.4 Å². The van der Waals surface area contributed by atoms with Gasteiger partial charge >= 0.3 is 0 Å². The van der Waals surface area contributed by atoms with E-state index in [-0.39, 0.29) is 0 Å². The van der Waals surface area contributed by atoms with E-state index in [0.29, 0.717) is 6.04 Å². The van der Waals surface area contributed by atoms with Crippen LogP contribution in [-0.4, -0.2) is 23.5 Å². The van der Waals surface area contributed by atoms with E-state index < -0.39 is 0 Å². The van der Waals surface area contributed by atoms with Crippen molar-refractivity contribution in [1.29, 1.82) is 0 Å². The number of nitrogens with one attached hydrogen (secondary N) is 1. The zero-order valence-corrected chi connectivity index (χ0v) is 9.94. The second-order valence-corrected chi connectivity index (χ2v) is 5.68. The summed E-state index contributed by atoms with van der Waals surface area (Å²) in [5, 5.41) is 4.58. The molecule has 0 spiro atoms. The maximum absolute atomic E-state index is 4.67. The number of hydrogen-bond acceptors (Lipinski definition) is 2. The zero-order valence-electron chi connectivity index (χ0n) is 9.12. The summed E-state index contributed by atoms with van der Waals surface area (Å²) >= 11 is 1.87. The van der Waals surface area contributed by atoms with Gasteiger partial charge in [0.2, 0.25) is 0 Å². The first-order valence-corrected chi connectivity index (χ1v) is 6.68. The number of hydrogen-bond donors (Lipinski definition) is 1. The van der Waals surface area contributed by atoms with Gasteiger partial charge in [0, 0.05) is 18.3 Å². The van der Waals surface area contributed by atoms with Gasteiger partial charge in [-0.1, -0.05) is 31.5 Å². The molecule has 1 saturated carbocycles. The van der Waals surface area contributed by atoms with Gasteiger partial charge in [-0.05, 0) is 25.2 Å². The highest BCUT2D eigenvalue weighted by Gasteiger charge is 2.23. The van der Waals surface area contributed by atoms with E-state index in [4.69, 9.17) is 0 Å². The minimum atomic E-state index is 0.611. The quantitative estimate of drug-likeness (QED) is 0.760. The van der Waals surface area contributed by atoms with Crippen molar-refractivity contribution in [3.05, 3.63) is 0 Å². The lowest BCUT2D eigenvalue weighted by Crippen LogP contribution is -2.24. The highest BCUT2D eigenvalue weighted by molar-refractivity contribution is 8.14. The van der Waals surface area contributed by atoms with E-state index in [1.54, 1.807) is 0 Å². The summed E-state index contributed by atoms with van der Waals surface area (Å²) in [6, 6.07) is 0.611. The maximum atomic E-state index is 4.67. The van der Waals surface area contributed by atoms with Gasteiger partial charge in [-0.25, -0.2) is 0 Å². The third-order valence-electron chi connectivity index (χ3n) is 3.35. The van der Waals surface area contributed by atoms with Crippen LogP contribution in [0, 0.1) is 11.8 Å². The van der Waals surface area contributed by atoms with Gasteiger partial charge in [0.05, 0.1) is 0 Å². The van der Waals surface area contributed by atoms with Crippen LogP contribution in [0.15, 0.2) is 4.99 Å². The highest BCUT2D eigenvalue weighted by Crippen LogP contribution is 2.31. The Hall–Kier alpha value is -0.180. The molecule has 1 aliphatic heterocycles. The Balaban J connectivity index is 1.81. The number of thioether (sulfide) groups is 1. The molecule has 2 aliphatic rings. The average Bonchev–Trinajstić information content (AvgIpc) is 2.72. The van der Waals surface area contributed by atoms with Crippen LogP contribution in [0.4, 0.5) is 0 Å². The third kappa shape index (κ3) is 2.44. The second-order valence-electron chi connectivity index (χ2n) is 4.67. The predicted octanol–water partition coefficient (Wildman–Crippen LogP) is 2.50. The molecule has 1 aliphatic carbocycles. The van der Waals surface area contributed by atoms with Crippen molar-refractivity contribution in [3.63, 3.8) is 0 Å². The molecule has 14 heavy (non-hydrogen) atoms. The van der Waals surface area contributed by atoms with E-state index in [9.17, 15) is 0 Å². The molecule has 0 aromatic heterocycles. The maximum Gasteiger partial charge on any atom is 0.156 e. The second kappa shape index (κ2) is 4.56. The van der Waals surface area contributed by atoms with Crippen LogP contribution in [0.3, 0.4) is 0 Å². The van der Waals surface area contributed by atoms with E-state index in [2.05, 4.69) is 24.2 Å². The van der Waals surface area contributed by atoms with Crippen LogP contribution in [0.5, 0.6) is 0 Å². The van der Waals surface area contributed by atoms with E-state index in [1.807, 2.05) is 11.8 Å². The summed E-state index contributed by atoms with van der Waals surface area (Å²) in [6.07, 6.45) is 4.21. The first kappa shape index (κ1) is 10.3. The van der Waals surface area contributed by atoms with Crippen molar-refractivity contribution in [2.75, 3.05) is 12.3 Å². The number of nitrogens with zero attached hydrogens (tertiary/aromatic N) is 1. The van der Waals surface area contributed by atoms with E-state index in [0.717, 1.165) is 18.4 Å². The van der Waals surface area contributed by atoms with Gasteiger partial charge in [0.15, 0.2) is 5.17 Å². The van der Waals surface area contributed by atoms with Crippen molar-refractivity contribution in [1.82, 2.24) is 5.32 Å². The van der Waals surface area contributed by atoms with Gasteiger partial charge in [0.1, 0.15) is 0 Å². The van der Waals surface area contributed by atoms with Crippen LogP contribution >= 0.6 is 11.8 Å². The Bertz CT molecular complexity index is 227. The Morgan fingerprint density at radius 2 is 2.29 bits per heavy atom. The highest BCUT2D eigenvalue weighted by atomic mass is 32.2. The van der Waals surface area contributed by atoms with Crippen LogP contribution in [0.1, 0.15) is 33.1 Å². The lowest BCUT2D eigenvalue weighted by molar-refractivity contribution is 0.430. The summed E-state index contributed by atoms with van der Waals surface area (Å²) in [6.45, 7) is 5.63. The molecule has 0 radical (unpaired) electrons. The molecule has 3 heteroatoms. The molecule has 1 N–H and O–H groups in total. The van der Waals surface area contributed by atoms with Crippen molar-refractivity contribution in [2.45, 2.75) is 39.2 Å². The van der Waals surface area contributed by atoms with Crippen molar-refractivity contribution in [3.8, 4) is 0 Å². The summed E-state index contributed by atoms with van der Waals surface area (Å²) in [5.74, 6) is 2.92. The Labute approximate surface area is 90.9 Å². The SMILES string of the molecule is CC1CSC(=NCC2CCCC2C)N1. The molecule has 0 amide bonds. The minimum absolute atomic E-state index is 0.611. The molecule has 0 aromatic rings. The molecule has 3 atom stereocenters. The first-order valence-electron chi connectivity index (χ1n) is 5.69. The fraction of sp³-hybridized carbons (Fsp3) is 0.909. The first-order chi connectivity index (χ1) is 6.75. The molecular weight excluding hydrogens is 192 g/mol. The van der Waals surface area contributed by atoms with Crippen LogP contribution in [0.25, 0.3) is 0 Å². The molecule has 0 bridgehead atoms. The molecule has 1 saturated heterocycles. The predicted molar refractivity (Wildman–Crippen MR) is 63.9 cm³/mol. The van der Waals surface area contributed by atoms with Crippen LogP contribution in [-0.2, 0) is 0 Å². The van der Waals surface area contributed by atoms with Gasteiger partial charge in [-0.2, -0.15) is 0 Å². The summed E-state index contributed by atoms with van der Waals surface area (Å²) in [7, 11) is 0. The molecule has 2 rings (SSSR count). The number of amidine groups is 1. The van der Waals surface area contributed by atoms with Gasteiger partial charge in [0.25, 0.3) is 0 Å². The van der Waals surface area contributed by atoms with Crippen LogP contribution in [0.2, 0.25) is 0 Å². The van der Waals surface area contributed by atoms with Crippen LogP contribution < -0.4 is 5.32 Å². The third-order valence-corrected chi connectivity index (χ3v) is 4.54. The minimum Gasteiger partial charge on any atom is -0.362 e. The van der Waals surface area contributed by atoms with Gasteiger partial charge in [-0.15, -0.1) is 0 Å². The summed E-state index contributed by atoms with van der Waals surface area (Å²) in [5.41, 5.74) is 0. The average molecular weight is 212 g/mol. The summed E-state index contributed by atoms with van der Waals surface area (Å²) in [4.78, 5) is 4.67. The smallest absolute Gasteiger partial charge is 0.156 e. The Morgan fingerprint density at radius 1 is 1.43 bits per heavy atom. The largest absolute Gasteiger partial charge is 0.362 e. The van der Waals surface area contributed by atoms with Crippen molar-refractivity contribution in [2.24, 2.45) is 16.8 Å². The molecule has 3 unspecified atom stereocenters. The van der Waals surface area contributed by atoms with Crippen molar-refractivity contribution < 1.29 is 0 Å². The van der Waals surface area contributed by atoms with E-state index in [1.165, 1.54) is 30.2 Å². The fourth-order valence-electron chi connectivity index (χ4n) is 2.28. The summed E-state index contributed by atoms with van der Waals surface area (Å²) < 4.78 is 0. The lowest BCUT2D eigenvalue weighted by atomic mass is 9.99. The molecule has 2 nitrogen and oxygen atoms in total. The number of aliphatic imine (C=N–C) groups is 1.